The Kier molecular flexibility index (Phi) is 3.58. The Morgan fingerprint density at radius 3 is 2.64 bits per heavy atom. The second-order valence-corrected chi connectivity index (χ2v) is 8.69. The highest BCUT2D eigenvalue weighted by molar-refractivity contribution is 5.75. The SMILES string of the molecule is C=CC1(C)C=C2CCC3[C@](C)(CCC[C@@]3(C)C(=O)O)C2CC1. The molecule has 0 amide bonds. The zero-order valence-electron chi connectivity index (χ0n) is 14.3. The van der Waals surface area contributed by atoms with Gasteiger partial charge in [0.2, 0.25) is 0 Å². The Morgan fingerprint density at radius 2 is 2.00 bits per heavy atom. The lowest BCUT2D eigenvalue weighted by Gasteiger charge is -2.59. The second-order valence-electron chi connectivity index (χ2n) is 8.69. The van der Waals surface area contributed by atoms with Gasteiger partial charge in [0.05, 0.1) is 5.41 Å². The zero-order chi connectivity index (χ0) is 16.2. The van der Waals surface area contributed by atoms with Crippen LogP contribution in [0.4, 0.5) is 0 Å². The topological polar surface area (TPSA) is 37.3 Å². The Hall–Kier alpha value is -1.05. The first-order valence-corrected chi connectivity index (χ1v) is 8.84. The minimum atomic E-state index is -0.581. The maximum atomic E-state index is 12.0. The third-order valence-electron chi connectivity index (χ3n) is 7.38. The molecule has 0 radical (unpaired) electrons. The van der Waals surface area contributed by atoms with E-state index in [1.54, 1.807) is 5.57 Å². The summed E-state index contributed by atoms with van der Waals surface area (Å²) in [5.74, 6) is 0.322. The van der Waals surface area contributed by atoms with E-state index in [-0.39, 0.29) is 10.8 Å². The summed E-state index contributed by atoms with van der Waals surface area (Å²) >= 11 is 0. The summed E-state index contributed by atoms with van der Waals surface area (Å²) in [6.45, 7) is 10.7. The first kappa shape index (κ1) is 15.8. The average Bonchev–Trinajstić information content (AvgIpc) is 2.46. The standard InChI is InChI=1S/C20H30O2/c1-5-18(2)12-9-15-14(13-18)7-8-16-19(15,3)10-6-11-20(16,4)17(21)22/h5,13,15-16H,1,6-12H2,2-4H3,(H,21,22)/t15?,16?,18?,19-,20-/m1/s1. The van der Waals surface area contributed by atoms with Gasteiger partial charge in [0.25, 0.3) is 0 Å². The monoisotopic (exact) mass is 302 g/mol. The van der Waals surface area contributed by atoms with Crippen LogP contribution in [0.1, 0.15) is 65.7 Å². The van der Waals surface area contributed by atoms with Crippen LogP contribution >= 0.6 is 0 Å². The number of hydrogen-bond acceptors (Lipinski definition) is 1. The Labute approximate surface area is 134 Å². The normalized spacial score (nSPS) is 47.9. The van der Waals surface area contributed by atoms with Gasteiger partial charge >= 0.3 is 5.97 Å². The van der Waals surface area contributed by atoms with E-state index in [1.165, 1.54) is 12.8 Å². The number of aliphatic carboxylic acids is 1. The van der Waals surface area contributed by atoms with Crippen LogP contribution in [0.2, 0.25) is 0 Å². The summed E-state index contributed by atoms with van der Waals surface area (Å²) in [6, 6.07) is 0. The molecular formula is C20H30O2. The highest BCUT2D eigenvalue weighted by atomic mass is 16.4. The van der Waals surface area contributed by atoms with Crippen LogP contribution in [-0.4, -0.2) is 11.1 Å². The highest BCUT2D eigenvalue weighted by Gasteiger charge is 2.58. The molecule has 22 heavy (non-hydrogen) atoms. The average molecular weight is 302 g/mol. The quantitative estimate of drug-likeness (QED) is 0.711. The molecule has 3 aliphatic carbocycles. The van der Waals surface area contributed by atoms with Gasteiger partial charge in [0.1, 0.15) is 0 Å². The fraction of sp³-hybridized carbons (Fsp3) is 0.750. The van der Waals surface area contributed by atoms with Gasteiger partial charge in [0.15, 0.2) is 0 Å². The fourth-order valence-electron chi connectivity index (χ4n) is 5.94. The molecule has 2 nitrogen and oxygen atoms in total. The molecule has 0 heterocycles. The fourth-order valence-corrected chi connectivity index (χ4v) is 5.94. The number of carbonyl (C=O) groups is 1. The predicted octanol–water partition coefficient (Wildman–Crippen LogP) is 5.21. The lowest BCUT2D eigenvalue weighted by molar-refractivity contribution is -0.164. The molecule has 0 spiro atoms. The van der Waals surface area contributed by atoms with Crippen LogP contribution in [0.25, 0.3) is 0 Å². The van der Waals surface area contributed by atoms with Crippen molar-refractivity contribution in [2.75, 3.05) is 0 Å². The van der Waals surface area contributed by atoms with Crippen molar-refractivity contribution in [2.45, 2.75) is 65.7 Å². The molecule has 1 N–H and O–H groups in total. The summed E-state index contributed by atoms with van der Waals surface area (Å²) in [7, 11) is 0. The highest BCUT2D eigenvalue weighted by Crippen LogP contribution is 2.63. The summed E-state index contributed by atoms with van der Waals surface area (Å²) < 4.78 is 0. The minimum Gasteiger partial charge on any atom is -0.481 e. The maximum Gasteiger partial charge on any atom is 0.309 e. The summed E-state index contributed by atoms with van der Waals surface area (Å²) in [5, 5.41) is 9.84. The summed E-state index contributed by atoms with van der Waals surface area (Å²) in [4.78, 5) is 12.0. The van der Waals surface area contributed by atoms with E-state index in [1.807, 2.05) is 6.92 Å². The summed E-state index contributed by atoms with van der Waals surface area (Å²) in [6.07, 6.45) is 12.1. The number of carboxylic acids is 1. The maximum absolute atomic E-state index is 12.0. The molecule has 3 aliphatic rings. The van der Waals surface area contributed by atoms with Crippen LogP contribution in [0.5, 0.6) is 0 Å². The molecule has 2 saturated carbocycles. The molecule has 0 aliphatic heterocycles. The number of fused-ring (bicyclic) bond motifs is 3. The van der Waals surface area contributed by atoms with E-state index in [0.717, 1.165) is 32.1 Å². The van der Waals surface area contributed by atoms with Crippen molar-refractivity contribution in [3.05, 3.63) is 24.3 Å². The van der Waals surface area contributed by atoms with Gasteiger partial charge in [-0.25, -0.2) is 0 Å². The van der Waals surface area contributed by atoms with Crippen molar-refractivity contribution in [1.29, 1.82) is 0 Å². The molecule has 3 rings (SSSR count). The summed E-state index contributed by atoms with van der Waals surface area (Å²) in [5.41, 5.74) is 1.36. The first-order valence-electron chi connectivity index (χ1n) is 8.84. The number of hydrogen-bond donors (Lipinski definition) is 1. The van der Waals surface area contributed by atoms with Crippen molar-refractivity contribution < 1.29 is 9.90 Å². The van der Waals surface area contributed by atoms with Crippen LogP contribution in [0.15, 0.2) is 24.3 Å². The van der Waals surface area contributed by atoms with Gasteiger partial charge in [0, 0.05) is 5.41 Å². The van der Waals surface area contributed by atoms with Crippen molar-refractivity contribution in [1.82, 2.24) is 0 Å². The van der Waals surface area contributed by atoms with Crippen LogP contribution < -0.4 is 0 Å². The van der Waals surface area contributed by atoms with Crippen molar-refractivity contribution >= 4 is 5.97 Å². The molecule has 2 heteroatoms. The number of allylic oxidation sites excluding steroid dienone is 3. The molecular weight excluding hydrogens is 272 g/mol. The van der Waals surface area contributed by atoms with Crippen molar-refractivity contribution in [3.8, 4) is 0 Å². The van der Waals surface area contributed by atoms with E-state index >= 15 is 0 Å². The lowest BCUT2D eigenvalue weighted by atomic mass is 9.45. The minimum absolute atomic E-state index is 0.139. The molecule has 5 atom stereocenters. The van der Waals surface area contributed by atoms with Crippen molar-refractivity contribution in [3.63, 3.8) is 0 Å². The van der Waals surface area contributed by atoms with Crippen LogP contribution in [0, 0.1) is 28.1 Å². The van der Waals surface area contributed by atoms with E-state index in [0.29, 0.717) is 11.8 Å². The van der Waals surface area contributed by atoms with Gasteiger partial charge in [-0.15, -0.1) is 6.58 Å². The Bertz CT molecular complexity index is 534. The smallest absolute Gasteiger partial charge is 0.309 e. The molecule has 0 saturated heterocycles. The largest absolute Gasteiger partial charge is 0.481 e. The molecule has 0 aromatic rings. The molecule has 0 bridgehead atoms. The van der Waals surface area contributed by atoms with Crippen molar-refractivity contribution in [2.24, 2.45) is 28.1 Å². The molecule has 2 fully saturated rings. The van der Waals surface area contributed by atoms with E-state index in [9.17, 15) is 9.90 Å². The van der Waals surface area contributed by atoms with E-state index < -0.39 is 11.4 Å². The number of rotatable bonds is 2. The third-order valence-corrected chi connectivity index (χ3v) is 7.38. The van der Waals surface area contributed by atoms with E-state index in [4.69, 9.17) is 0 Å². The number of carboxylic acid groups (broad SMARTS) is 1. The van der Waals surface area contributed by atoms with Gasteiger partial charge in [-0.3, -0.25) is 4.79 Å². The van der Waals surface area contributed by atoms with Gasteiger partial charge < -0.3 is 5.11 Å². The predicted molar refractivity (Wildman–Crippen MR) is 89.5 cm³/mol. The Morgan fingerprint density at radius 1 is 1.27 bits per heavy atom. The van der Waals surface area contributed by atoms with Crippen LogP contribution in [-0.2, 0) is 4.79 Å². The van der Waals surface area contributed by atoms with Gasteiger partial charge in [-0.05, 0) is 62.7 Å². The molecule has 122 valence electrons. The molecule has 3 unspecified atom stereocenters. The van der Waals surface area contributed by atoms with Gasteiger partial charge in [-0.2, -0.15) is 0 Å². The Balaban J connectivity index is 1.99. The first-order chi connectivity index (χ1) is 10.3. The lowest BCUT2D eigenvalue weighted by Crippen LogP contribution is -2.54. The second kappa shape index (κ2) is 4.97. The molecule has 0 aromatic carbocycles. The van der Waals surface area contributed by atoms with E-state index in [2.05, 4.69) is 32.6 Å². The van der Waals surface area contributed by atoms with Gasteiger partial charge in [-0.1, -0.05) is 38.0 Å². The third kappa shape index (κ3) is 2.10. The van der Waals surface area contributed by atoms with Crippen LogP contribution in [0.3, 0.4) is 0 Å². The molecule has 0 aromatic heterocycles. The zero-order valence-corrected chi connectivity index (χ0v) is 14.3.